The van der Waals surface area contributed by atoms with Crippen molar-refractivity contribution >= 4 is 0 Å². The van der Waals surface area contributed by atoms with Gasteiger partial charge >= 0.3 is 0 Å². The third-order valence-electron chi connectivity index (χ3n) is 4.40. The highest BCUT2D eigenvalue weighted by Crippen LogP contribution is 2.22. The van der Waals surface area contributed by atoms with Gasteiger partial charge in [-0.25, -0.2) is 0 Å². The number of hydrogen-bond acceptors (Lipinski definition) is 3. The molecule has 2 unspecified atom stereocenters. The van der Waals surface area contributed by atoms with Gasteiger partial charge in [0.05, 0.1) is 13.7 Å². The standard InChI is InChI=1S/C20H27NO3.ClH/c1-14-12-17(9-10-19(14)22)20(23)15(2)21-11-5-7-16-6-4-8-18(13-16)24-3;/h4,6,8-10,12-13,15,20-23H,5,7,11H2,1-3H3;1H. The summed E-state index contributed by atoms with van der Waals surface area (Å²) >= 11 is 0. The van der Waals surface area contributed by atoms with E-state index in [-0.39, 0.29) is 24.2 Å². The first-order valence-corrected chi connectivity index (χ1v) is 8.45. The van der Waals surface area contributed by atoms with Crippen LogP contribution in [0.1, 0.15) is 36.1 Å². The van der Waals surface area contributed by atoms with E-state index >= 15 is 0 Å². The van der Waals surface area contributed by atoms with Crippen molar-refractivity contribution in [1.82, 2.24) is 0 Å². The minimum Gasteiger partial charge on any atom is -1.00 e. The summed E-state index contributed by atoms with van der Waals surface area (Å²) in [6.07, 6.45) is 1.49. The van der Waals surface area contributed by atoms with Crippen LogP contribution in [-0.2, 0) is 6.42 Å². The number of phenolic OH excluding ortho intramolecular Hbond substituents is 1. The minimum absolute atomic E-state index is 0. The number of aliphatic hydroxyl groups excluding tert-OH is 1. The molecule has 0 bridgehead atoms. The smallest absolute Gasteiger partial charge is 0.130 e. The summed E-state index contributed by atoms with van der Waals surface area (Å²) in [5, 5.41) is 22.2. The van der Waals surface area contributed by atoms with Crippen LogP contribution >= 0.6 is 0 Å². The van der Waals surface area contributed by atoms with Crippen molar-refractivity contribution in [2.24, 2.45) is 0 Å². The second-order valence-corrected chi connectivity index (χ2v) is 6.33. The molecule has 0 aromatic heterocycles. The maximum absolute atomic E-state index is 10.5. The van der Waals surface area contributed by atoms with Crippen LogP contribution in [0.2, 0.25) is 0 Å². The molecule has 0 aliphatic heterocycles. The second kappa shape index (κ2) is 10.3. The van der Waals surface area contributed by atoms with E-state index < -0.39 is 6.10 Å². The quantitative estimate of drug-likeness (QED) is 0.544. The third-order valence-corrected chi connectivity index (χ3v) is 4.40. The first-order chi connectivity index (χ1) is 11.5. The second-order valence-electron chi connectivity index (χ2n) is 6.33. The van der Waals surface area contributed by atoms with E-state index in [0.717, 1.165) is 36.3 Å². The van der Waals surface area contributed by atoms with E-state index in [0.29, 0.717) is 0 Å². The molecule has 2 aromatic rings. The van der Waals surface area contributed by atoms with Crippen LogP contribution in [0, 0.1) is 6.92 Å². The molecule has 0 amide bonds. The van der Waals surface area contributed by atoms with Crippen molar-refractivity contribution in [3.63, 3.8) is 0 Å². The maximum atomic E-state index is 10.5. The number of ether oxygens (including phenoxy) is 1. The first kappa shape index (κ1) is 21.3. The fourth-order valence-corrected chi connectivity index (χ4v) is 2.81. The van der Waals surface area contributed by atoms with E-state index in [2.05, 4.69) is 17.4 Å². The van der Waals surface area contributed by atoms with Crippen LogP contribution in [0.3, 0.4) is 0 Å². The van der Waals surface area contributed by atoms with Crippen LogP contribution in [0.25, 0.3) is 0 Å². The Labute approximate surface area is 156 Å². The minimum atomic E-state index is -0.541. The molecule has 138 valence electrons. The Bertz CT molecular complexity index is 663. The molecule has 25 heavy (non-hydrogen) atoms. The lowest BCUT2D eigenvalue weighted by Gasteiger charge is -2.18. The molecule has 0 spiro atoms. The van der Waals surface area contributed by atoms with Crippen molar-refractivity contribution in [1.29, 1.82) is 0 Å². The molecule has 2 aromatic carbocycles. The number of halogens is 1. The SMILES string of the molecule is COc1cccc(CCC[NH2+]C(C)C(O)c2ccc(O)c(C)c2)c1.[Cl-]. The fourth-order valence-electron chi connectivity index (χ4n) is 2.81. The molecule has 2 rings (SSSR count). The molecule has 4 nitrogen and oxygen atoms in total. The Balaban J connectivity index is 0.00000312. The molecule has 0 saturated heterocycles. The average molecular weight is 366 g/mol. The zero-order valence-electron chi connectivity index (χ0n) is 15.1. The number of aromatic hydroxyl groups is 1. The van der Waals surface area contributed by atoms with Crippen LogP contribution in [0.4, 0.5) is 0 Å². The predicted molar refractivity (Wildman–Crippen MR) is 95.4 cm³/mol. The van der Waals surface area contributed by atoms with Gasteiger partial charge in [0.25, 0.3) is 0 Å². The van der Waals surface area contributed by atoms with Crippen molar-refractivity contribution in [3.8, 4) is 11.5 Å². The molecule has 0 heterocycles. The number of benzene rings is 2. The number of hydrogen-bond donors (Lipinski definition) is 3. The summed E-state index contributed by atoms with van der Waals surface area (Å²) in [5.74, 6) is 1.16. The summed E-state index contributed by atoms with van der Waals surface area (Å²) in [6, 6.07) is 13.5. The molecule has 0 radical (unpaired) electrons. The van der Waals surface area contributed by atoms with Crippen molar-refractivity contribution in [2.45, 2.75) is 38.8 Å². The van der Waals surface area contributed by atoms with Gasteiger partial charge in [0.1, 0.15) is 23.6 Å². The van der Waals surface area contributed by atoms with Crippen molar-refractivity contribution < 1.29 is 32.7 Å². The fraction of sp³-hybridized carbons (Fsp3) is 0.400. The molecule has 5 heteroatoms. The van der Waals surface area contributed by atoms with Crippen LogP contribution < -0.4 is 22.5 Å². The van der Waals surface area contributed by atoms with Gasteiger partial charge in [-0.2, -0.15) is 0 Å². The number of quaternary nitrogens is 1. The summed E-state index contributed by atoms with van der Waals surface area (Å²) < 4.78 is 5.24. The van der Waals surface area contributed by atoms with Gasteiger partial charge in [0, 0.05) is 6.42 Å². The Morgan fingerprint density at radius 3 is 2.60 bits per heavy atom. The number of methoxy groups -OCH3 is 1. The number of aryl methyl sites for hydroxylation is 2. The van der Waals surface area contributed by atoms with E-state index in [1.807, 2.05) is 32.0 Å². The van der Waals surface area contributed by atoms with Crippen LogP contribution in [-0.4, -0.2) is 29.9 Å². The zero-order valence-corrected chi connectivity index (χ0v) is 15.8. The third kappa shape index (κ3) is 6.24. The van der Waals surface area contributed by atoms with Crippen molar-refractivity contribution in [2.75, 3.05) is 13.7 Å². The maximum Gasteiger partial charge on any atom is 0.130 e. The Kier molecular flexibility index (Phi) is 8.76. The van der Waals surface area contributed by atoms with E-state index in [1.54, 1.807) is 19.2 Å². The topological polar surface area (TPSA) is 66.3 Å². The number of aliphatic hydroxyl groups is 1. The molecule has 0 fully saturated rings. The molecule has 0 aliphatic carbocycles. The van der Waals surface area contributed by atoms with Crippen LogP contribution in [0.5, 0.6) is 11.5 Å². The largest absolute Gasteiger partial charge is 1.00 e. The molecular formula is C20H28ClNO3. The molecule has 0 aliphatic rings. The first-order valence-electron chi connectivity index (χ1n) is 8.45. The molecule has 4 N–H and O–H groups in total. The van der Waals surface area contributed by atoms with Gasteiger partial charge < -0.3 is 32.7 Å². The summed E-state index contributed by atoms with van der Waals surface area (Å²) in [4.78, 5) is 0. The van der Waals surface area contributed by atoms with Gasteiger partial charge in [-0.15, -0.1) is 0 Å². The molecule has 0 saturated carbocycles. The zero-order chi connectivity index (χ0) is 17.5. The summed E-state index contributed by atoms with van der Waals surface area (Å²) in [7, 11) is 1.68. The number of phenols is 1. The van der Waals surface area contributed by atoms with Crippen LogP contribution in [0.15, 0.2) is 42.5 Å². The van der Waals surface area contributed by atoms with E-state index in [4.69, 9.17) is 4.74 Å². The van der Waals surface area contributed by atoms with E-state index in [9.17, 15) is 10.2 Å². The lowest BCUT2D eigenvalue weighted by molar-refractivity contribution is -0.694. The van der Waals surface area contributed by atoms with Gasteiger partial charge in [-0.1, -0.05) is 18.2 Å². The highest BCUT2D eigenvalue weighted by atomic mass is 35.5. The lowest BCUT2D eigenvalue weighted by Crippen LogP contribution is -3.00. The van der Waals surface area contributed by atoms with Gasteiger partial charge in [-0.05, 0) is 61.2 Å². The normalized spacial score (nSPS) is 13.0. The lowest BCUT2D eigenvalue weighted by atomic mass is 10.0. The summed E-state index contributed by atoms with van der Waals surface area (Å²) in [6.45, 7) is 4.82. The van der Waals surface area contributed by atoms with Crippen molar-refractivity contribution in [3.05, 3.63) is 59.2 Å². The monoisotopic (exact) mass is 365 g/mol. The van der Waals surface area contributed by atoms with Gasteiger partial charge in [0.2, 0.25) is 0 Å². The Morgan fingerprint density at radius 2 is 1.92 bits per heavy atom. The number of nitrogens with two attached hydrogens (primary N) is 1. The van der Waals surface area contributed by atoms with Gasteiger partial charge in [0.15, 0.2) is 0 Å². The molecule has 2 atom stereocenters. The highest BCUT2D eigenvalue weighted by molar-refractivity contribution is 5.36. The summed E-state index contributed by atoms with van der Waals surface area (Å²) in [5.41, 5.74) is 2.91. The van der Waals surface area contributed by atoms with E-state index in [1.165, 1.54) is 5.56 Å². The predicted octanol–water partition coefficient (Wildman–Crippen LogP) is -0.669. The Morgan fingerprint density at radius 1 is 1.16 bits per heavy atom. The molecular weight excluding hydrogens is 338 g/mol. The average Bonchev–Trinajstić information content (AvgIpc) is 2.60. The Hall–Kier alpha value is -1.75. The van der Waals surface area contributed by atoms with Gasteiger partial charge in [-0.3, -0.25) is 0 Å². The number of rotatable bonds is 8. The highest BCUT2D eigenvalue weighted by Gasteiger charge is 2.19.